The van der Waals surface area contributed by atoms with Crippen LogP contribution in [0.1, 0.15) is 15.2 Å². The summed E-state index contributed by atoms with van der Waals surface area (Å²) >= 11 is 1.13. The van der Waals surface area contributed by atoms with Gasteiger partial charge in [0.25, 0.3) is 5.91 Å². The summed E-state index contributed by atoms with van der Waals surface area (Å²) in [6.07, 6.45) is 1.37. The third kappa shape index (κ3) is 3.71. The minimum atomic E-state index is -3.63. The van der Waals surface area contributed by atoms with Gasteiger partial charge in [-0.05, 0) is 17.7 Å². The molecule has 0 saturated carbocycles. The standard InChI is InChI=1S/C15H18N4O5S2/c20-10-11-2-1-3-12(8-11)26(23,24)19-6-4-18(5-7-19)15-16-9-13(25-15)14(21)17-22/h1-3,8-9,20,22H,4-7,10H2,(H,17,21). The maximum Gasteiger partial charge on any atom is 0.286 e. The first-order valence-electron chi connectivity index (χ1n) is 7.81. The van der Waals surface area contributed by atoms with E-state index in [0.29, 0.717) is 23.8 Å². The van der Waals surface area contributed by atoms with Crippen LogP contribution in [0.15, 0.2) is 35.4 Å². The third-order valence-electron chi connectivity index (χ3n) is 4.05. The van der Waals surface area contributed by atoms with Crippen LogP contribution in [-0.2, 0) is 16.6 Å². The summed E-state index contributed by atoms with van der Waals surface area (Å²) in [4.78, 5) is 17.9. The summed E-state index contributed by atoms with van der Waals surface area (Å²) in [6.45, 7) is 1.23. The summed E-state index contributed by atoms with van der Waals surface area (Å²) < 4.78 is 26.9. The van der Waals surface area contributed by atoms with E-state index in [9.17, 15) is 18.3 Å². The predicted molar refractivity (Wildman–Crippen MR) is 94.7 cm³/mol. The number of aliphatic hydroxyl groups excluding tert-OH is 1. The Morgan fingerprint density at radius 3 is 2.65 bits per heavy atom. The van der Waals surface area contributed by atoms with E-state index in [1.54, 1.807) is 17.6 Å². The first kappa shape index (κ1) is 18.7. The van der Waals surface area contributed by atoms with Crippen molar-refractivity contribution in [1.29, 1.82) is 0 Å². The smallest absolute Gasteiger partial charge is 0.286 e. The number of thiazole rings is 1. The van der Waals surface area contributed by atoms with Gasteiger partial charge in [0.05, 0.1) is 17.7 Å². The Morgan fingerprint density at radius 1 is 1.27 bits per heavy atom. The number of amides is 1. The van der Waals surface area contributed by atoms with Crippen LogP contribution in [-0.4, -0.2) is 60.1 Å². The van der Waals surface area contributed by atoms with E-state index >= 15 is 0 Å². The molecule has 0 atom stereocenters. The van der Waals surface area contributed by atoms with E-state index in [0.717, 1.165) is 11.3 Å². The zero-order chi connectivity index (χ0) is 18.7. The van der Waals surface area contributed by atoms with Gasteiger partial charge in [-0.3, -0.25) is 10.0 Å². The van der Waals surface area contributed by atoms with Crippen molar-refractivity contribution >= 4 is 32.4 Å². The number of nitrogens with zero attached hydrogens (tertiary/aromatic N) is 3. The lowest BCUT2D eigenvalue weighted by Gasteiger charge is -2.33. The molecule has 140 valence electrons. The number of aromatic nitrogens is 1. The van der Waals surface area contributed by atoms with Gasteiger partial charge >= 0.3 is 0 Å². The molecule has 1 saturated heterocycles. The molecule has 1 aliphatic heterocycles. The summed E-state index contributed by atoms with van der Waals surface area (Å²) in [5.74, 6) is -0.626. The Bertz CT molecular complexity index is 891. The van der Waals surface area contributed by atoms with Gasteiger partial charge in [0, 0.05) is 26.2 Å². The van der Waals surface area contributed by atoms with E-state index < -0.39 is 15.9 Å². The lowest BCUT2D eigenvalue weighted by Crippen LogP contribution is -2.48. The van der Waals surface area contributed by atoms with Crippen molar-refractivity contribution in [2.24, 2.45) is 0 Å². The molecule has 11 heteroatoms. The second-order valence-electron chi connectivity index (χ2n) is 5.64. The van der Waals surface area contributed by atoms with Crippen LogP contribution in [0.2, 0.25) is 0 Å². The fraction of sp³-hybridized carbons (Fsp3) is 0.333. The zero-order valence-corrected chi connectivity index (χ0v) is 15.3. The van der Waals surface area contributed by atoms with Crippen molar-refractivity contribution in [3.05, 3.63) is 40.9 Å². The molecular weight excluding hydrogens is 380 g/mol. The Kier molecular flexibility index (Phi) is 5.53. The maximum absolute atomic E-state index is 12.8. The lowest BCUT2D eigenvalue weighted by atomic mass is 10.2. The Labute approximate surface area is 154 Å². The fourth-order valence-electron chi connectivity index (χ4n) is 2.64. The number of carbonyl (C=O) groups excluding carboxylic acids is 1. The van der Waals surface area contributed by atoms with Gasteiger partial charge in [-0.15, -0.1) is 0 Å². The van der Waals surface area contributed by atoms with E-state index in [1.165, 1.54) is 22.6 Å². The van der Waals surface area contributed by atoms with E-state index in [1.807, 2.05) is 4.90 Å². The highest BCUT2D eigenvalue weighted by atomic mass is 32.2. The van der Waals surface area contributed by atoms with Gasteiger partial charge in [0.2, 0.25) is 10.0 Å². The zero-order valence-electron chi connectivity index (χ0n) is 13.7. The number of aliphatic hydroxyl groups is 1. The summed E-state index contributed by atoms with van der Waals surface area (Å²) in [5.41, 5.74) is 2.10. The average Bonchev–Trinajstić information content (AvgIpc) is 3.17. The van der Waals surface area contributed by atoms with Crippen molar-refractivity contribution in [3.63, 3.8) is 0 Å². The molecule has 2 heterocycles. The normalized spacial score (nSPS) is 15.8. The summed E-state index contributed by atoms with van der Waals surface area (Å²) in [5, 5.41) is 18.4. The fourth-order valence-corrected chi connectivity index (χ4v) is 4.99. The minimum Gasteiger partial charge on any atom is -0.392 e. The third-order valence-corrected chi connectivity index (χ3v) is 7.00. The predicted octanol–water partition coefficient (Wildman–Crippen LogP) is 0.265. The molecule has 0 aliphatic carbocycles. The lowest BCUT2D eigenvalue weighted by molar-refractivity contribution is 0.0710. The number of sulfonamides is 1. The van der Waals surface area contributed by atoms with Gasteiger partial charge < -0.3 is 10.0 Å². The number of anilines is 1. The maximum atomic E-state index is 12.8. The molecule has 1 aromatic carbocycles. The van der Waals surface area contributed by atoms with Crippen molar-refractivity contribution in [2.45, 2.75) is 11.5 Å². The number of benzene rings is 1. The van der Waals surface area contributed by atoms with E-state index in [-0.39, 0.29) is 29.5 Å². The van der Waals surface area contributed by atoms with Crippen LogP contribution in [0.4, 0.5) is 5.13 Å². The van der Waals surface area contributed by atoms with Crippen molar-refractivity contribution in [3.8, 4) is 0 Å². The van der Waals surface area contributed by atoms with Crippen LogP contribution in [0.25, 0.3) is 0 Å². The van der Waals surface area contributed by atoms with Crippen LogP contribution >= 0.6 is 11.3 Å². The second kappa shape index (κ2) is 7.68. The topological polar surface area (TPSA) is 123 Å². The quantitative estimate of drug-likeness (QED) is 0.488. The van der Waals surface area contributed by atoms with Crippen LogP contribution < -0.4 is 10.4 Å². The molecule has 9 nitrogen and oxygen atoms in total. The first-order valence-corrected chi connectivity index (χ1v) is 10.1. The molecule has 0 unspecified atom stereocenters. The Balaban J connectivity index is 1.69. The van der Waals surface area contributed by atoms with Crippen LogP contribution in [0, 0.1) is 0 Å². The van der Waals surface area contributed by atoms with Gasteiger partial charge in [0.1, 0.15) is 4.88 Å². The van der Waals surface area contributed by atoms with Gasteiger partial charge in [-0.25, -0.2) is 18.9 Å². The number of hydroxylamine groups is 1. The van der Waals surface area contributed by atoms with Crippen molar-refractivity contribution < 1.29 is 23.5 Å². The van der Waals surface area contributed by atoms with Gasteiger partial charge in [-0.2, -0.15) is 4.31 Å². The van der Waals surface area contributed by atoms with Gasteiger partial charge in [0.15, 0.2) is 5.13 Å². The monoisotopic (exact) mass is 398 g/mol. The van der Waals surface area contributed by atoms with Gasteiger partial charge in [-0.1, -0.05) is 23.5 Å². The summed E-state index contributed by atoms with van der Waals surface area (Å²) in [6, 6.07) is 6.27. The SMILES string of the molecule is O=C(NO)c1cnc(N2CCN(S(=O)(=O)c3cccc(CO)c3)CC2)s1. The molecule has 26 heavy (non-hydrogen) atoms. The molecule has 1 amide bonds. The second-order valence-corrected chi connectivity index (χ2v) is 8.59. The number of hydrogen-bond acceptors (Lipinski definition) is 8. The Hall–Kier alpha value is -2.05. The highest BCUT2D eigenvalue weighted by Crippen LogP contribution is 2.25. The molecule has 0 bridgehead atoms. The van der Waals surface area contributed by atoms with Crippen LogP contribution in [0.3, 0.4) is 0 Å². The largest absolute Gasteiger partial charge is 0.392 e. The number of nitrogens with one attached hydrogen (secondary N) is 1. The first-order chi connectivity index (χ1) is 12.5. The number of carbonyl (C=O) groups is 1. The molecule has 3 rings (SSSR count). The molecule has 0 radical (unpaired) electrons. The van der Waals surface area contributed by atoms with Crippen molar-refractivity contribution in [2.75, 3.05) is 31.1 Å². The number of hydrogen-bond donors (Lipinski definition) is 3. The molecule has 3 N–H and O–H groups in total. The molecule has 0 spiro atoms. The highest BCUT2D eigenvalue weighted by Gasteiger charge is 2.29. The average molecular weight is 398 g/mol. The highest BCUT2D eigenvalue weighted by molar-refractivity contribution is 7.89. The van der Waals surface area contributed by atoms with Crippen molar-refractivity contribution in [1.82, 2.24) is 14.8 Å². The van der Waals surface area contributed by atoms with Crippen LogP contribution in [0.5, 0.6) is 0 Å². The molecule has 2 aromatic rings. The van der Waals surface area contributed by atoms with E-state index in [4.69, 9.17) is 5.21 Å². The number of piperazine rings is 1. The number of rotatable bonds is 5. The van der Waals surface area contributed by atoms with E-state index in [2.05, 4.69) is 4.98 Å². The molecule has 1 aromatic heterocycles. The minimum absolute atomic E-state index is 0.161. The Morgan fingerprint density at radius 2 is 2.00 bits per heavy atom. The molecule has 1 aliphatic rings. The molecular formula is C15H18N4O5S2. The summed E-state index contributed by atoms with van der Waals surface area (Å²) in [7, 11) is -3.63. The molecule has 1 fully saturated rings.